The summed E-state index contributed by atoms with van der Waals surface area (Å²) >= 11 is 0. The third kappa shape index (κ3) is 4.13. The molecule has 1 fully saturated rings. The Morgan fingerprint density at radius 3 is 2.12 bits per heavy atom. The molecule has 1 aliphatic carbocycles. The number of ether oxygens (including phenoxy) is 1. The second kappa shape index (κ2) is 7.17. The zero-order chi connectivity index (χ0) is 16.9. The van der Waals surface area contributed by atoms with Gasteiger partial charge in [0.15, 0.2) is 0 Å². The Kier molecular flexibility index (Phi) is 4.79. The van der Waals surface area contributed by atoms with Crippen LogP contribution in [0.5, 0.6) is 5.75 Å². The predicted octanol–water partition coefficient (Wildman–Crippen LogP) is 3.09. The van der Waals surface area contributed by atoms with Gasteiger partial charge in [-0.25, -0.2) is 0 Å². The third-order valence-electron chi connectivity index (χ3n) is 3.93. The summed E-state index contributed by atoms with van der Waals surface area (Å²) in [6, 6.07) is 13.9. The van der Waals surface area contributed by atoms with Crippen molar-refractivity contribution in [1.29, 1.82) is 0 Å². The first-order valence-electron chi connectivity index (χ1n) is 8.02. The molecule has 0 heterocycles. The molecular formula is C19H20N2O3. The van der Waals surface area contributed by atoms with Crippen molar-refractivity contribution < 1.29 is 14.3 Å². The van der Waals surface area contributed by atoms with Crippen LogP contribution in [0, 0.1) is 5.92 Å². The number of hydrogen-bond acceptors (Lipinski definition) is 3. The number of rotatable bonds is 6. The highest BCUT2D eigenvalue weighted by atomic mass is 16.5. The highest BCUT2D eigenvalue weighted by Crippen LogP contribution is 2.29. The van der Waals surface area contributed by atoms with Gasteiger partial charge in [0.1, 0.15) is 5.75 Å². The largest absolute Gasteiger partial charge is 0.493 e. The second-order valence-electron chi connectivity index (χ2n) is 5.89. The molecule has 2 aromatic carbocycles. The van der Waals surface area contributed by atoms with Crippen LogP contribution in [0.15, 0.2) is 48.5 Å². The third-order valence-corrected chi connectivity index (χ3v) is 3.93. The Morgan fingerprint density at radius 2 is 1.54 bits per heavy atom. The Labute approximate surface area is 141 Å². The van der Waals surface area contributed by atoms with E-state index in [1.54, 1.807) is 43.4 Å². The molecule has 5 nitrogen and oxygen atoms in total. The average molecular weight is 324 g/mol. The van der Waals surface area contributed by atoms with Gasteiger partial charge in [-0.2, -0.15) is 0 Å². The van der Waals surface area contributed by atoms with Crippen molar-refractivity contribution in [3.8, 4) is 5.75 Å². The van der Waals surface area contributed by atoms with Crippen LogP contribution in [-0.4, -0.2) is 25.5 Å². The summed E-state index contributed by atoms with van der Waals surface area (Å²) in [6.45, 7) is 0.753. The van der Waals surface area contributed by atoms with Crippen LogP contribution >= 0.6 is 0 Å². The van der Waals surface area contributed by atoms with E-state index in [1.807, 2.05) is 12.1 Å². The summed E-state index contributed by atoms with van der Waals surface area (Å²) in [5, 5.41) is 5.37. The molecule has 124 valence electrons. The lowest BCUT2D eigenvalue weighted by Gasteiger charge is -2.08. The standard InChI is InChI=1S/C19H20N2O3/c1-20-18(22)14-4-8-16(9-5-14)21-19(23)15-6-10-17(11-7-15)24-12-13-2-3-13/h4-11,13H,2-3,12H2,1H3,(H,20,22)(H,21,23). The first kappa shape index (κ1) is 16.1. The monoisotopic (exact) mass is 324 g/mol. The van der Waals surface area contributed by atoms with Gasteiger partial charge in [-0.05, 0) is 67.3 Å². The highest BCUT2D eigenvalue weighted by molar-refractivity contribution is 6.04. The molecular weight excluding hydrogens is 304 g/mol. The molecule has 0 spiro atoms. The molecule has 3 rings (SSSR count). The number of anilines is 1. The van der Waals surface area contributed by atoms with E-state index in [9.17, 15) is 9.59 Å². The maximum atomic E-state index is 12.2. The van der Waals surface area contributed by atoms with E-state index < -0.39 is 0 Å². The number of benzene rings is 2. The first-order chi connectivity index (χ1) is 11.7. The highest BCUT2D eigenvalue weighted by Gasteiger charge is 2.21. The minimum absolute atomic E-state index is 0.158. The van der Waals surface area contributed by atoms with Crippen LogP contribution in [0.3, 0.4) is 0 Å². The molecule has 0 unspecified atom stereocenters. The van der Waals surface area contributed by atoms with Gasteiger partial charge in [-0.1, -0.05) is 0 Å². The van der Waals surface area contributed by atoms with E-state index >= 15 is 0 Å². The number of nitrogens with one attached hydrogen (secondary N) is 2. The molecule has 5 heteroatoms. The van der Waals surface area contributed by atoms with Crippen molar-refractivity contribution in [3.63, 3.8) is 0 Å². The summed E-state index contributed by atoms with van der Waals surface area (Å²) in [6.07, 6.45) is 2.50. The molecule has 1 aliphatic rings. The fourth-order valence-corrected chi connectivity index (χ4v) is 2.25. The fraction of sp³-hybridized carbons (Fsp3) is 0.263. The molecule has 0 aromatic heterocycles. The molecule has 1 saturated carbocycles. The van der Waals surface area contributed by atoms with Crippen LogP contribution in [0.4, 0.5) is 5.69 Å². The first-order valence-corrected chi connectivity index (χ1v) is 8.02. The molecule has 0 atom stereocenters. The summed E-state index contributed by atoms with van der Waals surface area (Å²) in [7, 11) is 1.58. The summed E-state index contributed by atoms with van der Waals surface area (Å²) < 4.78 is 5.66. The summed E-state index contributed by atoms with van der Waals surface area (Å²) in [5.41, 5.74) is 1.75. The van der Waals surface area contributed by atoms with Gasteiger partial charge in [-0.15, -0.1) is 0 Å². The zero-order valence-electron chi connectivity index (χ0n) is 13.5. The van der Waals surface area contributed by atoms with Crippen molar-refractivity contribution in [3.05, 3.63) is 59.7 Å². The number of amides is 2. The van der Waals surface area contributed by atoms with Crippen molar-refractivity contribution in [2.45, 2.75) is 12.8 Å². The van der Waals surface area contributed by atoms with Gasteiger partial charge in [0, 0.05) is 23.9 Å². The quantitative estimate of drug-likeness (QED) is 0.858. The number of carbonyl (C=O) groups is 2. The minimum Gasteiger partial charge on any atom is -0.493 e. The van der Waals surface area contributed by atoms with Gasteiger partial charge in [-0.3, -0.25) is 9.59 Å². The molecule has 0 radical (unpaired) electrons. The van der Waals surface area contributed by atoms with E-state index in [-0.39, 0.29) is 11.8 Å². The van der Waals surface area contributed by atoms with Crippen LogP contribution < -0.4 is 15.4 Å². The Bertz CT molecular complexity index is 719. The zero-order valence-corrected chi connectivity index (χ0v) is 13.5. The molecule has 2 N–H and O–H groups in total. The fourth-order valence-electron chi connectivity index (χ4n) is 2.25. The summed E-state index contributed by atoms with van der Waals surface area (Å²) in [5.74, 6) is 1.13. The lowest BCUT2D eigenvalue weighted by atomic mass is 10.1. The maximum Gasteiger partial charge on any atom is 0.255 e. The molecule has 0 aliphatic heterocycles. The van der Waals surface area contributed by atoms with Crippen LogP contribution in [0.25, 0.3) is 0 Å². The number of carbonyl (C=O) groups excluding carboxylic acids is 2. The lowest BCUT2D eigenvalue weighted by Crippen LogP contribution is -2.17. The molecule has 24 heavy (non-hydrogen) atoms. The van der Waals surface area contributed by atoms with Gasteiger partial charge in [0.05, 0.1) is 6.61 Å². The topological polar surface area (TPSA) is 67.4 Å². The Morgan fingerprint density at radius 1 is 0.958 bits per heavy atom. The molecule has 2 aromatic rings. The van der Waals surface area contributed by atoms with Crippen molar-refractivity contribution >= 4 is 17.5 Å². The lowest BCUT2D eigenvalue weighted by molar-refractivity contribution is 0.0962. The van der Waals surface area contributed by atoms with Crippen molar-refractivity contribution in [2.24, 2.45) is 5.92 Å². The Balaban J connectivity index is 1.58. The van der Waals surface area contributed by atoms with Crippen LogP contribution in [0.1, 0.15) is 33.6 Å². The van der Waals surface area contributed by atoms with Gasteiger partial charge in [0.2, 0.25) is 0 Å². The van der Waals surface area contributed by atoms with Crippen LogP contribution in [-0.2, 0) is 0 Å². The second-order valence-corrected chi connectivity index (χ2v) is 5.89. The predicted molar refractivity (Wildman–Crippen MR) is 92.4 cm³/mol. The van der Waals surface area contributed by atoms with Gasteiger partial charge >= 0.3 is 0 Å². The average Bonchev–Trinajstić information content (AvgIpc) is 3.45. The maximum absolute atomic E-state index is 12.2. The van der Waals surface area contributed by atoms with E-state index in [0.717, 1.165) is 12.4 Å². The number of hydrogen-bond donors (Lipinski definition) is 2. The van der Waals surface area contributed by atoms with E-state index in [0.29, 0.717) is 22.7 Å². The summed E-state index contributed by atoms with van der Waals surface area (Å²) in [4.78, 5) is 23.7. The van der Waals surface area contributed by atoms with Gasteiger partial charge in [0.25, 0.3) is 11.8 Å². The minimum atomic E-state index is -0.198. The normalized spacial score (nSPS) is 13.2. The smallest absolute Gasteiger partial charge is 0.255 e. The van der Waals surface area contributed by atoms with Gasteiger partial charge < -0.3 is 15.4 Å². The molecule has 0 saturated heterocycles. The SMILES string of the molecule is CNC(=O)c1ccc(NC(=O)c2ccc(OCC3CC3)cc2)cc1. The Hall–Kier alpha value is -2.82. The van der Waals surface area contributed by atoms with E-state index in [4.69, 9.17) is 4.74 Å². The van der Waals surface area contributed by atoms with Crippen LogP contribution in [0.2, 0.25) is 0 Å². The van der Waals surface area contributed by atoms with E-state index in [2.05, 4.69) is 10.6 Å². The van der Waals surface area contributed by atoms with Crippen molar-refractivity contribution in [2.75, 3.05) is 19.0 Å². The van der Waals surface area contributed by atoms with Crippen molar-refractivity contribution in [1.82, 2.24) is 5.32 Å². The van der Waals surface area contributed by atoms with E-state index in [1.165, 1.54) is 12.8 Å². The molecule has 0 bridgehead atoms. The molecule has 2 amide bonds.